The third kappa shape index (κ3) is 3.59. The van der Waals surface area contributed by atoms with Gasteiger partial charge in [-0.2, -0.15) is 0 Å². The summed E-state index contributed by atoms with van der Waals surface area (Å²) in [5.41, 5.74) is 2.91. The Morgan fingerprint density at radius 2 is 1.94 bits per heavy atom. The molecule has 2 aromatic carbocycles. The lowest BCUT2D eigenvalue weighted by atomic mass is 9.85. The number of hydrogen-bond donors (Lipinski definition) is 3. The highest BCUT2D eigenvalue weighted by Crippen LogP contribution is 2.45. The van der Waals surface area contributed by atoms with Gasteiger partial charge in [-0.05, 0) is 35.6 Å². The molecule has 3 aliphatic rings. The molecular weight excluding hydrogens is 410 g/mol. The average molecular weight is 440 g/mol. The third-order valence-corrected chi connectivity index (χ3v) is 6.46. The molecule has 2 unspecified atom stereocenters. The lowest BCUT2D eigenvalue weighted by Gasteiger charge is -2.44. The van der Waals surface area contributed by atoms with E-state index in [2.05, 4.69) is 12.1 Å². The van der Waals surface area contributed by atoms with E-state index in [9.17, 15) is 15.3 Å². The van der Waals surface area contributed by atoms with Crippen molar-refractivity contribution in [3.8, 4) is 5.75 Å². The van der Waals surface area contributed by atoms with Crippen LogP contribution in [0.3, 0.4) is 0 Å². The van der Waals surface area contributed by atoms with E-state index in [-0.39, 0.29) is 0 Å². The standard InChI is InChI=1S/C25H29NO6/c1-2-4-21-26-25(24(31-21)23(29)22(28)20(14-27)32-25)18-6-3-5-15(13-18)11-16-7-8-19-17(12-16)9-10-30-19/h3,5-8,12-13,20,22-24,27-29H,2,4,9-11,14H2,1H3/t20-,22-,23+,24?,25?/m1/s1. The van der Waals surface area contributed by atoms with Crippen molar-refractivity contribution in [3.05, 3.63) is 64.7 Å². The highest BCUT2D eigenvalue weighted by molar-refractivity contribution is 5.79. The SMILES string of the molecule is CCCC1=NC2(c3cccc(Cc4ccc5c(c4)CCO5)c3)O[C@H](CO)[C@@H](O)[C@H](O)C2O1. The van der Waals surface area contributed by atoms with E-state index >= 15 is 0 Å². The van der Waals surface area contributed by atoms with Gasteiger partial charge < -0.3 is 29.5 Å². The topological polar surface area (TPSA) is 101 Å². The summed E-state index contributed by atoms with van der Waals surface area (Å²) in [5.74, 6) is 1.45. The third-order valence-electron chi connectivity index (χ3n) is 6.46. The molecule has 0 aromatic heterocycles. The molecule has 32 heavy (non-hydrogen) atoms. The van der Waals surface area contributed by atoms with Crippen LogP contribution in [0.15, 0.2) is 47.5 Å². The Morgan fingerprint density at radius 3 is 2.75 bits per heavy atom. The van der Waals surface area contributed by atoms with Gasteiger partial charge in [-0.3, -0.25) is 0 Å². The lowest BCUT2D eigenvalue weighted by molar-refractivity contribution is -0.262. The fourth-order valence-electron chi connectivity index (χ4n) is 4.86. The van der Waals surface area contributed by atoms with Gasteiger partial charge in [-0.25, -0.2) is 4.99 Å². The van der Waals surface area contributed by atoms with Crippen molar-refractivity contribution in [2.75, 3.05) is 13.2 Å². The molecule has 1 fully saturated rings. The van der Waals surface area contributed by atoms with E-state index in [0.717, 1.165) is 42.7 Å². The summed E-state index contributed by atoms with van der Waals surface area (Å²) in [4.78, 5) is 4.75. The summed E-state index contributed by atoms with van der Waals surface area (Å²) in [6, 6.07) is 14.2. The van der Waals surface area contributed by atoms with Crippen LogP contribution in [0.25, 0.3) is 0 Å². The van der Waals surface area contributed by atoms with Crippen LogP contribution >= 0.6 is 0 Å². The van der Waals surface area contributed by atoms with E-state index in [1.165, 1.54) is 11.1 Å². The Balaban J connectivity index is 1.50. The Labute approximate surface area is 187 Å². The van der Waals surface area contributed by atoms with Crippen LogP contribution in [-0.2, 0) is 28.0 Å². The molecule has 0 radical (unpaired) electrons. The average Bonchev–Trinajstić information content (AvgIpc) is 3.41. The first-order valence-corrected chi connectivity index (χ1v) is 11.3. The maximum absolute atomic E-state index is 10.8. The summed E-state index contributed by atoms with van der Waals surface area (Å²) in [6.45, 7) is 2.32. The van der Waals surface area contributed by atoms with E-state index in [1.807, 2.05) is 37.3 Å². The monoisotopic (exact) mass is 439 g/mol. The van der Waals surface area contributed by atoms with Crippen LogP contribution in [0.4, 0.5) is 0 Å². The van der Waals surface area contributed by atoms with Crippen LogP contribution in [-0.4, -0.2) is 58.8 Å². The van der Waals surface area contributed by atoms with Crippen molar-refractivity contribution in [3.63, 3.8) is 0 Å². The number of rotatable bonds is 6. The predicted octanol–water partition coefficient (Wildman–Crippen LogP) is 2.08. The number of fused-ring (bicyclic) bond motifs is 2. The molecular formula is C25H29NO6. The molecule has 3 heterocycles. The Kier molecular flexibility index (Phi) is 5.67. The quantitative estimate of drug-likeness (QED) is 0.637. The molecule has 0 saturated carbocycles. The summed E-state index contributed by atoms with van der Waals surface area (Å²) in [7, 11) is 0. The van der Waals surface area contributed by atoms with E-state index < -0.39 is 36.7 Å². The maximum atomic E-state index is 10.8. The Bertz CT molecular complexity index is 1020. The summed E-state index contributed by atoms with van der Waals surface area (Å²) in [5, 5.41) is 31.0. The first-order chi connectivity index (χ1) is 15.5. The molecule has 170 valence electrons. The van der Waals surface area contributed by atoms with Crippen LogP contribution in [0.2, 0.25) is 0 Å². The van der Waals surface area contributed by atoms with Gasteiger partial charge in [0, 0.05) is 18.4 Å². The van der Waals surface area contributed by atoms with Crippen LogP contribution in [0, 0.1) is 0 Å². The minimum Gasteiger partial charge on any atom is -0.493 e. The maximum Gasteiger partial charge on any atom is 0.228 e. The van der Waals surface area contributed by atoms with Gasteiger partial charge in [0.1, 0.15) is 24.1 Å². The molecule has 1 saturated heterocycles. The second-order valence-corrected chi connectivity index (χ2v) is 8.73. The number of ether oxygens (including phenoxy) is 3. The van der Waals surface area contributed by atoms with Crippen molar-refractivity contribution in [1.29, 1.82) is 0 Å². The van der Waals surface area contributed by atoms with Crippen molar-refractivity contribution < 1.29 is 29.5 Å². The molecule has 5 rings (SSSR count). The zero-order chi connectivity index (χ0) is 22.3. The molecule has 3 aliphatic heterocycles. The number of benzene rings is 2. The molecule has 7 nitrogen and oxygen atoms in total. The zero-order valence-electron chi connectivity index (χ0n) is 18.1. The number of aliphatic imine (C=N–C) groups is 1. The Hall–Kier alpha value is -2.45. The van der Waals surface area contributed by atoms with E-state index in [1.54, 1.807) is 0 Å². The van der Waals surface area contributed by atoms with E-state index in [4.69, 9.17) is 19.2 Å². The number of aliphatic hydroxyl groups excluding tert-OH is 3. The minimum absolute atomic E-state index is 0.428. The van der Waals surface area contributed by atoms with Gasteiger partial charge in [-0.1, -0.05) is 43.3 Å². The predicted molar refractivity (Wildman–Crippen MR) is 118 cm³/mol. The van der Waals surface area contributed by atoms with Crippen LogP contribution in [0.5, 0.6) is 5.75 Å². The molecule has 0 bridgehead atoms. The van der Waals surface area contributed by atoms with Gasteiger partial charge in [0.05, 0.1) is 13.2 Å². The molecule has 7 heteroatoms. The smallest absolute Gasteiger partial charge is 0.228 e. The first kappa shape index (κ1) is 21.4. The molecule has 0 aliphatic carbocycles. The molecule has 0 amide bonds. The van der Waals surface area contributed by atoms with Crippen molar-refractivity contribution >= 4 is 5.90 Å². The normalized spacial score (nSPS) is 30.8. The van der Waals surface area contributed by atoms with Crippen LogP contribution < -0.4 is 4.74 Å². The van der Waals surface area contributed by atoms with Gasteiger partial charge in [-0.15, -0.1) is 0 Å². The van der Waals surface area contributed by atoms with Crippen molar-refractivity contribution in [2.45, 2.75) is 62.7 Å². The minimum atomic E-state index is -1.31. The Morgan fingerprint density at radius 1 is 1.09 bits per heavy atom. The van der Waals surface area contributed by atoms with Gasteiger partial charge in [0.2, 0.25) is 5.72 Å². The second-order valence-electron chi connectivity index (χ2n) is 8.73. The second kappa shape index (κ2) is 8.48. The van der Waals surface area contributed by atoms with Gasteiger partial charge in [0.25, 0.3) is 0 Å². The van der Waals surface area contributed by atoms with Gasteiger partial charge in [0.15, 0.2) is 12.0 Å². The fraction of sp³-hybridized carbons (Fsp3) is 0.480. The summed E-state index contributed by atoms with van der Waals surface area (Å²) in [6.07, 6.45) is -1.26. The fourth-order valence-corrected chi connectivity index (χ4v) is 4.86. The molecule has 2 aromatic rings. The highest BCUT2D eigenvalue weighted by atomic mass is 16.6. The summed E-state index contributed by atoms with van der Waals surface area (Å²) >= 11 is 0. The first-order valence-electron chi connectivity index (χ1n) is 11.3. The zero-order valence-corrected chi connectivity index (χ0v) is 18.1. The van der Waals surface area contributed by atoms with E-state index in [0.29, 0.717) is 12.3 Å². The molecule has 5 atom stereocenters. The molecule has 0 spiro atoms. The number of aliphatic hydroxyl groups is 3. The van der Waals surface area contributed by atoms with Gasteiger partial charge >= 0.3 is 0 Å². The van der Waals surface area contributed by atoms with Crippen molar-refractivity contribution in [1.82, 2.24) is 0 Å². The van der Waals surface area contributed by atoms with Crippen LogP contribution in [0.1, 0.15) is 42.0 Å². The number of hydrogen-bond acceptors (Lipinski definition) is 7. The molecule has 3 N–H and O–H groups in total. The summed E-state index contributed by atoms with van der Waals surface area (Å²) < 4.78 is 17.7. The lowest BCUT2D eigenvalue weighted by Crippen LogP contribution is -2.61. The largest absolute Gasteiger partial charge is 0.493 e. The van der Waals surface area contributed by atoms with Crippen molar-refractivity contribution in [2.24, 2.45) is 4.99 Å². The highest BCUT2D eigenvalue weighted by Gasteiger charge is 2.60. The number of nitrogens with zero attached hydrogens (tertiary/aromatic N) is 1.